The minimum Gasteiger partial charge on any atom is -0.379 e. The van der Waals surface area contributed by atoms with Gasteiger partial charge in [0.25, 0.3) is 0 Å². The van der Waals surface area contributed by atoms with Crippen LogP contribution in [0.4, 0.5) is 0 Å². The van der Waals surface area contributed by atoms with Crippen molar-refractivity contribution >= 4 is 12.5 Å². The van der Waals surface area contributed by atoms with Crippen LogP contribution in [0.1, 0.15) is 40.0 Å². The highest BCUT2D eigenvalue weighted by Crippen LogP contribution is 2.22. The quantitative estimate of drug-likeness (QED) is 0.348. The Bertz CT molecular complexity index is 229. The van der Waals surface area contributed by atoms with Gasteiger partial charge in [-0.25, -0.2) is 0 Å². The summed E-state index contributed by atoms with van der Waals surface area (Å²) in [6.45, 7) is 10.3. The summed E-state index contributed by atoms with van der Waals surface area (Å²) in [5, 5.41) is 12.6. The third-order valence-corrected chi connectivity index (χ3v) is 2.95. The second-order valence-electron chi connectivity index (χ2n) is 4.93. The molecule has 0 aliphatic rings. The van der Waals surface area contributed by atoms with Crippen LogP contribution in [-0.2, 0) is 4.79 Å². The van der Waals surface area contributed by atoms with Crippen LogP contribution in [0, 0.1) is 11.8 Å². The highest BCUT2D eigenvalue weighted by Gasteiger charge is 2.17. The fourth-order valence-electron chi connectivity index (χ4n) is 1.82. The molecule has 0 saturated heterocycles. The lowest BCUT2D eigenvalue weighted by molar-refractivity contribution is -0.116. The number of aliphatic hydroxyl groups is 1. The molecule has 0 radical (unpaired) electrons. The Labute approximate surface area is 105 Å². The maximum absolute atomic E-state index is 10.8. The summed E-state index contributed by atoms with van der Waals surface area (Å²) in [6, 6.07) is 0. The van der Waals surface area contributed by atoms with Gasteiger partial charge in [0.1, 0.15) is 12.0 Å². The molecule has 0 aliphatic heterocycles. The van der Waals surface area contributed by atoms with E-state index < -0.39 is 6.23 Å². The standard InChI is InChI=1S/C13H26N2O2/c1-10(2)12(6-5-7-14-4)8-13(17)15-9-11(3)16/h10,12-13,15,17H,4-9H2,1-3H3/t12-,13?/m0/s1. The number of aliphatic imine (C=N–C) groups is 1. The van der Waals surface area contributed by atoms with Crippen LogP contribution in [0.5, 0.6) is 0 Å². The van der Waals surface area contributed by atoms with E-state index in [4.69, 9.17) is 0 Å². The van der Waals surface area contributed by atoms with Crippen molar-refractivity contribution in [1.82, 2.24) is 5.32 Å². The van der Waals surface area contributed by atoms with E-state index in [1.54, 1.807) is 0 Å². The van der Waals surface area contributed by atoms with Crippen LogP contribution in [-0.4, -0.2) is 36.9 Å². The van der Waals surface area contributed by atoms with Gasteiger partial charge in [-0.2, -0.15) is 0 Å². The number of Topliss-reactive ketones (excluding diaryl/α,β-unsaturated/α-hetero) is 1. The van der Waals surface area contributed by atoms with Gasteiger partial charge in [-0.3, -0.25) is 10.1 Å². The smallest absolute Gasteiger partial charge is 0.143 e. The van der Waals surface area contributed by atoms with Gasteiger partial charge in [-0.15, -0.1) is 0 Å². The predicted octanol–water partition coefficient (Wildman–Crippen LogP) is 1.63. The van der Waals surface area contributed by atoms with E-state index in [9.17, 15) is 9.90 Å². The largest absolute Gasteiger partial charge is 0.379 e. The fourth-order valence-corrected chi connectivity index (χ4v) is 1.82. The second kappa shape index (κ2) is 9.31. The molecular formula is C13H26N2O2. The molecule has 0 amide bonds. The first-order valence-electron chi connectivity index (χ1n) is 6.30. The summed E-state index contributed by atoms with van der Waals surface area (Å²) < 4.78 is 0. The summed E-state index contributed by atoms with van der Waals surface area (Å²) in [5.74, 6) is 1.01. The molecule has 0 aromatic rings. The molecule has 0 saturated carbocycles. The van der Waals surface area contributed by atoms with Crippen molar-refractivity contribution in [3.63, 3.8) is 0 Å². The Morgan fingerprint density at radius 1 is 1.47 bits per heavy atom. The van der Waals surface area contributed by atoms with E-state index in [1.165, 1.54) is 6.92 Å². The molecule has 0 aromatic heterocycles. The summed E-state index contributed by atoms with van der Waals surface area (Å²) >= 11 is 0. The number of rotatable bonds is 10. The number of nitrogens with one attached hydrogen (secondary N) is 1. The molecule has 0 aliphatic carbocycles. The Hall–Kier alpha value is -0.740. The van der Waals surface area contributed by atoms with Gasteiger partial charge in [0.15, 0.2) is 0 Å². The van der Waals surface area contributed by atoms with E-state index in [0.717, 1.165) is 19.4 Å². The number of hydrogen-bond acceptors (Lipinski definition) is 4. The van der Waals surface area contributed by atoms with Crippen LogP contribution >= 0.6 is 0 Å². The molecule has 100 valence electrons. The predicted molar refractivity (Wildman–Crippen MR) is 71.3 cm³/mol. The van der Waals surface area contributed by atoms with E-state index in [0.29, 0.717) is 18.3 Å². The van der Waals surface area contributed by atoms with E-state index in [1.807, 2.05) is 0 Å². The number of nitrogens with zero attached hydrogens (tertiary/aromatic N) is 1. The third-order valence-electron chi connectivity index (χ3n) is 2.95. The number of aliphatic hydroxyl groups excluding tert-OH is 1. The number of carbonyl (C=O) groups is 1. The van der Waals surface area contributed by atoms with Gasteiger partial charge >= 0.3 is 0 Å². The SMILES string of the molecule is C=NCCC[C@@H](CC(O)NCC(C)=O)C(C)C. The van der Waals surface area contributed by atoms with E-state index >= 15 is 0 Å². The van der Waals surface area contributed by atoms with Crippen molar-refractivity contribution < 1.29 is 9.90 Å². The van der Waals surface area contributed by atoms with Crippen LogP contribution in [0.25, 0.3) is 0 Å². The van der Waals surface area contributed by atoms with Crippen molar-refractivity contribution in [1.29, 1.82) is 0 Å². The molecule has 0 aromatic carbocycles. The van der Waals surface area contributed by atoms with Crippen molar-refractivity contribution in [3.05, 3.63) is 0 Å². The summed E-state index contributed by atoms with van der Waals surface area (Å²) in [7, 11) is 0. The minimum atomic E-state index is -0.594. The summed E-state index contributed by atoms with van der Waals surface area (Å²) in [5.41, 5.74) is 0. The normalized spacial score (nSPS) is 14.6. The number of carbonyl (C=O) groups excluding carboxylic acids is 1. The van der Waals surface area contributed by atoms with Gasteiger partial charge in [0, 0.05) is 6.54 Å². The summed E-state index contributed by atoms with van der Waals surface area (Å²) in [4.78, 5) is 14.6. The maximum atomic E-state index is 10.8. The van der Waals surface area contributed by atoms with E-state index in [-0.39, 0.29) is 12.3 Å². The van der Waals surface area contributed by atoms with Crippen LogP contribution in [0.3, 0.4) is 0 Å². The number of hydrogen-bond donors (Lipinski definition) is 2. The van der Waals surface area contributed by atoms with Crippen LogP contribution < -0.4 is 5.32 Å². The average molecular weight is 242 g/mol. The minimum absolute atomic E-state index is 0.0426. The van der Waals surface area contributed by atoms with Crippen molar-refractivity contribution in [2.45, 2.75) is 46.3 Å². The molecule has 0 heterocycles. The molecule has 1 unspecified atom stereocenters. The molecule has 2 atom stereocenters. The zero-order valence-corrected chi connectivity index (χ0v) is 11.3. The first-order valence-corrected chi connectivity index (χ1v) is 6.30. The Morgan fingerprint density at radius 3 is 2.59 bits per heavy atom. The van der Waals surface area contributed by atoms with Crippen LogP contribution in [0.2, 0.25) is 0 Å². The first kappa shape index (κ1) is 16.3. The molecule has 4 nitrogen and oxygen atoms in total. The highest BCUT2D eigenvalue weighted by atomic mass is 16.3. The Morgan fingerprint density at radius 2 is 2.12 bits per heavy atom. The fraction of sp³-hybridized carbons (Fsp3) is 0.846. The van der Waals surface area contributed by atoms with Gasteiger partial charge in [-0.05, 0) is 44.7 Å². The third kappa shape index (κ3) is 9.01. The van der Waals surface area contributed by atoms with Gasteiger partial charge in [0.05, 0.1) is 6.54 Å². The first-order chi connectivity index (χ1) is 7.97. The lowest BCUT2D eigenvalue weighted by Crippen LogP contribution is -2.35. The van der Waals surface area contributed by atoms with E-state index in [2.05, 4.69) is 30.9 Å². The topological polar surface area (TPSA) is 61.7 Å². The molecule has 0 spiro atoms. The molecule has 2 N–H and O–H groups in total. The lowest BCUT2D eigenvalue weighted by atomic mass is 9.87. The van der Waals surface area contributed by atoms with Crippen molar-refractivity contribution in [2.24, 2.45) is 16.8 Å². The molecule has 0 bridgehead atoms. The second-order valence-corrected chi connectivity index (χ2v) is 4.93. The number of ketones is 1. The summed E-state index contributed by atoms with van der Waals surface area (Å²) in [6.07, 6.45) is 2.13. The molecule has 0 fully saturated rings. The van der Waals surface area contributed by atoms with Gasteiger partial charge < -0.3 is 10.1 Å². The van der Waals surface area contributed by atoms with Gasteiger partial charge in [0.2, 0.25) is 0 Å². The van der Waals surface area contributed by atoms with Crippen molar-refractivity contribution in [2.75, 3.05) is 13.1 Å². The zero-order valence-electron chi connectivity index (χ0n) is 11.3. The highest BCUT2D eigenvalue weighted by molar-refractivity contribution is 5.77. The van der Waals surface area contributed by atoms with Gasteiger partial charge in [-0.1, -0.05) is 13.8 Å². The molecule has 0 rings (SSSR count). The zero-order chi connectivity index (χ0) is 13.3. The lowest BCUT2D eigenvalue weighted by Gasteiger charge is -2.23. The molecular weight excluding hydrogens is 216 g/mol. The molecule has 4 heteroatoms. The monoisotopic (exact) mass is 242 g/mol. The molecule has 17 heavy (non-hydrogen) atoms. The Balaban J connectivity index is 3.96. The Kier molecular flexibility index (Phi) is 8.90. The average Bonchev–Trinajstić information content (AvgIpc) is 2.25. The maximum Gasteiger partial charge on any atom is 0.143 e. The van der Waals surface area contributed by atoms with Crippen molar-refractivity contribution in [3.8, 4) is 0 Å². The van der Waals surface area contributed by atoms with Crippen LogP contribution in [0.15, 0.2) is 4.99 Å².